The lowest BCUT2D eigenvalue weighted by molar-refractivity contribution is 0.0448. The zero-order chi connectivity index (χ0) is 15.7. The van der Waals surface area contributed by atoms with Gasteiger partial charge < -0.3 is 15.0 Å². The number of carbonyl (C=O) groups is 1. The predicted molar refractivity (Wildman–Crippen MR) is 84.0 cm³/mol. The third-order valence-electron chi connectivity index (χ3n) is 3.24. The van der Waals surface area contributed by atoms with E-state index in [2.05, 4.69) is 21.0 Å². The van der Waals surface area contributed by atoms with Gasteiger partial charge in [-0.05, 0) is 42.8 Å². The molecule has 2 aromatic rings. The molecule has 0 atom stereocenters. The van der Waals surface area contributed by atoms with Crippen molar-refractivity contribution in [3.8, 4) is 0 Å². The molecule has 2 aromatic heterocycles. The average molecular weight is 355 g/mol. The van der Waals surface area contributed by atoms with Gasteiger partial charge in [0.05, 0.1) is 21.5 Å². The standard InChI is InChI=1S/C14H19BrN4O2/c1-8(2)19-6-10(16)5-11(19)14(20)21-7-12-13(15)9(3)17-18(12)4/h5-6,8H,7,16H2,1-4H3. The van der Waals surface area contributed by atoms with Crippen LogP contribution >= 0.6 is 15.9 Å². The summed E-state index contributed by atoms with van der Waals surface area (Å²) in [5.74, 6) is -0.397. The number of carbonyl (C=O) groups excluding carboxylic acids is 1. The number of ether oxygens (including phenoxy) is 1. The molecule has 0 aliphatic rings. The van der Waals surface area contributed by atoms with Crippen LogP contribution in [0.5, 0.6) is 0 Å². The highest BCUT2D eigenvalue weighted by atomic mass is 79.9. The second kappa shape index (κ2) is 5.93. The summed E-state index contributed by atoms with van der Waals surface area (Å²) in [6.45, 7) is 6.01. The Labute approximate surface area is 132 Å². The van der Waals surface area contributed by atoms with Crippen molar-refractivity contribution < 1.29 is 9.53 Å². The van der Waals surface area contributed by atoms with Crippen molar-refractivity contribution in [3.05, 3.63) is 33.8 Å². The van der Waals surface area contributed by atoms with E-state index in [1.807, 2.05) is 27.8 Å². The van der Waals surface area contributed by atoms with E-state index in [4.69, 9.17) is 10.5 Å². The Morgan fingerprint density at radius 3 is 2.71 bits per heavy atom. The molecule has 0 saturated heterocycles. The van der Waals surface area contributed by atoms with Crippen LogP contribution in [0.1, 0.15) is 41.8 Å². The van der Waals surface area contributed by atoms with E-state index in [0.717, 1.165) is 15.9 Å². The molecule has 0 amide bonds. The van der Waals surface area contributed by atoms with Crippen LogP contribution in [-0.4, -0.2) is 20.3 Å². The van der Waals surface area contributed by atoms with Crippen LogP contribution in [0.15, 0.2) is 16.7 Å². The van der Waals surface area contributed by atoms with Crippen LogP contribution in [-0.2, 0) is 18.4 Å². The van der Waals surface area contributed by atoms with E-state index in [-0.39, 0.29) is 12.6 Å². The maximum Gasteiger partial charge on any atom is 0.355 e. The number of aryl methyl sites for hydroxylation is 2. The molecule has 21 heavy (non-hydrogen) atoms. The quantitative estimate of drug-likeness (QED) is 0.856. The minimum absolute atomic E-state index is 0.135. The van der Waals surface area contributed by atoms with Gasteiger partial charge in [0.25, 0.3) is 0 Å². The van der Waals surface area contributed by atoms with E-state index >= 15 is 0 Å². The number of hydrogen-bond donors (Lipinski definition) is 1. The second-order valence-corrected chi connectivity index (χ2v) is 6.00. The molecule has 114 valence electrons. The summed E-state index contributed by atoms with van der Waals surface area (Å²) < 4.78 is 9.75. The van der Waals surface area contributed by atoms with Crippen molar-refractivity contribution in [1.82, 2.24) is 14.3 Å². The maximum absolute atomic E-state index is 12.2. The third kappa shape index (κ3) is 3.12. The molecule has 2 heterocycles. The lowest BCUT2D eigenvalue weighted by Gasteiger charge is -2.12. The van der Waals surface area contributed by atoms with Gasteiger partial charge in [-0.15, -0.1) is 0 Å². The van der Waals surface area contributed by atoms with Crippen LogP contribution in [0.3, 0.4) is 0 Å². The fraction of sp³-hybridized carbons (Fsp3) is 0.429. The number of hydrogen-bond acceptors (Lipinski definition) is 4. The van der Waals surface area contributed by atoms with Crippen LogP contribution in [0, 0.1) is 6.92 Å². The Bertz CT molecular complexity index is 673. The molecule has 0 saturated carbocycles. The zero-order valence-electron chi connectivity index (χ0n) is 12.6. The highest BCUT2D eigenvalue weighted by Crippen LogP contribution is 2.22. The van der Waals surface area contributed by atoms with Gasteiger partial charge in [0, 0.05) is 19.3 Å². The van der Waals surface area contributed by atoms with Gasteiger partial charge in [0.1, 0.15) is 12.3 Å². The first-order valence-electron chi connectivity index (χ1n) is 6.63. The van der Waals surface area contributed by atoms with Gasteiger partial charge in [-0.25, -0.2) is 4.79 Å². The Morgan fingerprint density at radius 2 is 2.19 bits per heavy atom. The van der Waals surface area contributed by atoms with Crippen molar-refractivity contribution >= 4 is 27.6 Å². The van der Waals surface area contributed by atoms with Crippen molar-refractivity contribution in [2.75, 3.05) is 5.73 Å². The summed E-state index contributed by atoms with van der Waals surface area (Å²) in [5, 5.41) is 4.26. The number of esters is 1. The maximum atomic E-state index is 12.2. The van der Waals surface area contributed by atoms with Crippen molar-refractivity contribution in [1.29, 1.82) is 0 Å². The van der Waals surface area contributed by atoms with Crippen molar-refractivity contribution in [3.63, 3.8) is 0 Å². The highest BCUT2D eigenvalue weighted by molar-refractivity contribution is 9.10. The molecule has 0 radical (unpaired) electrons. The van der Waals surface area contributed by atoms with E-state index in [9.17, 15) is 4.79 Å². The average Bonchev–Trinajstić information content (AvgIpc) is 2.90. The first kappa shape index (κ1) is 15.6. The summed E-state index contributed by atoms with van der Waals surface area (Å²) in [4.78, 5) is 12.2. The minimum Gasteiger partial charge on any atom is -0.454 e. The minimum atomic E-state index is -0.397. The lowest BCUT2D eigenvalue weighted by atomic mass is 10.3. The summed E-state index contributed by atoms with van der Waals surface area (Å²) >= 11 is 3.45. The monoisotopic (exact) mass is 354 g/mol. The number of nitrogens with two attached hydrogens (primary N) is 1. The molecular formula is C14H19BrN4O2. The van der Waals surface area contributed by atoms with Crippen molar-refractivity contribution in [2.45, 2.75) is 33.4 Å². The summed E-state index contributed by atoms with van der Waals surface area (Å²) in [6, 6.07) is 1.77. The lowest BCUT2D eigenvalue weighted by Crippen LogP contribution is -2.14. The topological polar surface area (TPSA) is 75.1 Å². The van der Waals surface area contributed by atoms with Crippen LogP contribution in [0.25, 0.3) is 0 Å². The molecule has 0 aliphatic carbocycles. The van der Waals surface area contributed by atoms with Gasteiger partial charge in [0.15, 0.2) is 0 Å². The van der Waals surface area contributed by atoms with Crippen LogP contribution < -0.4 is 5.73 Å². The largest absolute Gasteiger partial charge is 0.454 e. The van der Waals surface area contributed by atoms with E-state index < -0.39 is 5.97 Å². The fourth-order valence-electron chi connectivity index (χ4n) is 2.14. The van der Waals surface area contributed by atoms with Gasteiger partial charge in [-0.2, -0.15) is 5.10 Å². The number of nitrogen functional groups attached to an aromatic ring is 1. The number of nitrogens with zero attached hydrogens (tertiary/aromatic N) is 3. The molecule has 2 rings (SSSR count). The molecule has 0 aromatic carbocycles. The number of halogens is 1. The van der Waals surface area contributed by atoms with Crippen LogP contribution in [0.4, 0.5) is 5.69 Å². The molecule has 0 aliphatic heterocycles. The van der Waals surface area contributed by atoms with Gasteiger partial charge in [-0.3, -0.25) is 4.68 Å². The first-order chi connectivity index (χ1) is 9.81. The Morgan fingerprint density at radius 1 is 1.52 bits per heavy atom. The number of aromatic nitrogens is 3. The fourth-order valence-corrected chi connectivity index (χ4v) is 2.59. The Kier molecular flexibility index (Phi) is 4.41. The summed E-state index contributed by atoms with van der Waals surface area (Å²) in [6.07, 6.45) is 1.74. The molecule has 0 fully saturated rings. The number of rotatable bonds is 4. The molecule has 6 nitrogen and oxygen atoms in total. The van der Waals surface area contributed by atoms with Gasteiger partial charge >= 0.3 is 5.97 Å². The SMILES string of the molecule is Cc1nn(C)c(COC(=O)c2cc(N)cn2C(C)C)c1Br. The third-order valence-corrected chi connectivity index (χ3v) is 4.27. The van der Waals surface area contributed by atoms with Crippen LogP contribution in [0.2, 0.25) is 0 Å². The van der Waals surface area contributed by atoms with Gasteiger partial charge in [0.2, 0.25) is 0 Å². The van der Waals surface area contributed by atoms with E-state index in [1.54, 1.807) is 21.5 Å². The van der Waals surface area contributed by atoms with Gasteiger partial charge in [-0.1, -0.05) is 0 Å². The molecule has 7 heteroatoms. The second-order valence-electron chi connectivity index (χ2n) is 5.21. The zero-order valence-corrected chi connectivity index (χ0v) is 14.1. The van der Waals surface area contributed by atoms with E-state index in [1.165, 1.54) is 0 Å². The Hall–Kier alpha value is -1.76. The summed E-state index contributed by atoms with van der Waals surface area (Å²) in [7, 11) is 1.82. The predicted octanol–water partition coefficient (Wildman–Crippen LogP) is 2.81. The molecule has 0 bridgehead atoms. The normalized spacial score (nSPS) is 11.1. The van der Waals surface area contributed by atoms with E-state index in [0.29, 0.717) is 11.4 Å². The number of anilines is 1. The first-order valence-corrected chi connectivity index (χ1v) is 7.43. The molecule has 0 unspecified atom stereocenters. The van der Waals surface area contributed by atoms with Crippen molar-refractivity contribution in [2.24, 2.45) is 7.05 Å². The summed E-state index contributed by atoms with van der Waals surface area (Å²) in [5.41, 5.74) is 8.44. The molecule has 2 N–H and O–H groups in total. The highest BCUT2D eigenvalue weighted by Gasteiger charge is 2.18. The smallest absolute Gasteiger partial charge is 0.355 e. The molecule has 0 spiro atoms. The Balaban J connectivity index is 2.16. The molecular weight excluding hydrogens is 336 g/mol.